The molecule has 1 aliphatic rings. The van der Waals surface area contributed by atoms with E-state index in [0.29, 0.717) is 12.8 Å². The van der Waals surface area contributed by atoms with E-state index in [1.54, 1.807) is 0 Å². The van der Waals surface area contributed by atoms with Crippen LogP contribution in [0.4, 0.5) is 13.2 Å². The predicted molar refractivity (Wildman–Crippen MR) is 62.7 cm³/mol. The van der Waals surface area contributed by atoms with Crippen molar-refractivity contribution in [3.05, 3.63) is 11.6 Å². The van der Waals surface area contributed by atoms with Crippen LogP contribution in [0.2, 0.25) is 0 Å². The lowest BCUT2D eigenvalue weighted by atomic mass is 9.79. The molecule has 0 bridgehead atoms. The number of hydrogen-bond donors (Lipinski definition) is 2. The van der Waals surface area contributed by atoms with E-state index in [-0.39, 0.29) is 11.8 Å². The van der Waals surface area contributed by atoms with Crippen LogP contribution in [0.3, 0.4) is 0 Å². The second-order valence-electron chi connectivity index (χ2n) is 5.07. The molecule has 3 N–H and O–H groups in total. The zero-order valence-corrected chi connectivity index (χ0v) is 10.6. The van der Waals surface area contributed by atoms with E-state index < -0.39 is 24.7 Å². The highest BCUT2D eigenvalue weighted by molar-refractivity contribution is 5.80. The molecule has 3 atom stereocenters. The number of halogens is 3. The van der Waals surface area contributed by atoms with Crippen molar-refractivity contribution in [2.24, 2.45) is 17.6 Å². The molecule has 3 nitrogen and oxygen atoms in total. The standard InChI is InChI=1S/C12H19F3N2O/c1-7-3-8(2)5-9(4-7)10(11(16)18)17-6-12(13,14)15/h3,7,9-10,17H,4-6H2,1-2H3,(H2,16,18). The first-order valence-electron chi connectivity index (χ1n) is 5.96. The van der Waals surface area contributed by atoms with Crippen LogP contribution in [0.15, 0.2) is 11.6 Å². The van der Waals surface area contributed by atoms with Crippen LogP contribution >= 0.6 is 0 Å². The molecular formula is C12H19F3N2O. The molecule has 1 rings (SSSR count). The average Bonchev–Trinajstić information content (AvgIpc) is 2.13. The highest BCUT2D eigenvalue weighted by Crippen LogP contribution is 2.30. The van der Waals surface area contributed by atoms with Gasteiger partial charge in [-0.25, -0.2) is 0 Å². The molecule has 0 aromatic carbocycles. The van der Waals surface area contributed by atoms with Crippen molar-refractivity contribution in [1.29, 1.82) is 0 Å². The molecule has 1 aliphatic carbocycles. The van der Waals surface area contributed by atoms with Crippen LogP contribution in [-0.2, 0) is 4.79 Å². The van der Waals surface area contributed by atoms with Crippen molar-refractivity contribution < 1.29 is 18.0 Å². The van der Waals surface area contributed by atoms with Crippen LogP contribution in [0, 0.1) is 11.8 Å². The Labute approximate surface area is 105 Å². The Morgan fingerprint density at radius 2 is 2.22 bits per heavy atom. The van der Waals surface area contributed by atoms with Gasteiger partial charge in [0.05, 0.1) is 12.6 Å². The zero-order chi connectivity index (χ0) is 13.9. The Kier molecular flexibility index (Phi) is 4.78. The van der Waals surface area contributed by atoms with E-state index in [2.05, 4.69) is 11.4 Å². The fraction of sp³-hybridized carbons (Fsp3) is 0.750. The number of allylic oxidation sites excluding steroid dienone is 2. The Morgan fingerprint density at radius 1 is 1.61 bits per heavy atom. The number of amides is 1. The molecule has 0 heterocycles. The number of alkyl halides is 3. The summed E-state index contributed by atoms with van der Waals surface area (Å²) in [6.07, 6.45) is -0.963. The molecule has 1 amide bonds. The minimum absolute atomic E-state index is 0.162. The van der Waals surface area contributed by atoms with Crippen LogP contribution in [-0.4, -0.2) is 24.7 Å². The molecule has 104 valence electrons. The number of primary amides is 1. The minimum Gasteiger partial charge on any atom is -0.368 e. The van der Waals surface area contributed by atoms with Gasteiger partial charge in [0.15, 0.2) is 0 Å². The van der Waals surface area contributed by atoms with Crippen molar-refractivity contribution in [2.75, 3.05) is 6.54 Å². The van der Waals surface area contributed by atoms with Gasteiger partial charge in [-0.15, -0.1) is 0 Å². The molecule has 6 heteroatoms. The molecule has 0 radical (unpaired) electrons. The lowest BCUT2D eigenvalue weighted by Gasteiger charge is -2.31. The smallest absolute Gasteiger partial charge is 0.368 e. The van der Waals surface area contributed by atoms with Crippen LogP contribution in [0.1, 0.15) is 26.7 Å². The molecule has 0 aromatic heterocycles. The molecule has 0 saturated carbocycles. The summed E-state index contributed by atoms with van der Waals surface area (Å²) in [4.78, 5) is 11.3. The van der Waals surface area contributed by atoms with Crippen LogP contribution in [0.25, 0.3) is 0 Å². The largest absolute Gasteiger partial charge is 0.401 e. The van der Waals surface area contributed by atoms with E-state index in [1.165, 1.54) is 0 Å². The number of nitrogens with two attached hydrogens (primary N) is 1. The van der Waals surface area contributed by atoms with Gasteiger partial charge in [-0.2, -0.15) is 13.2 Å². The maximum atomic E-state index is 12.2. The van der Waals surface area contributed by atoms with E-state index in [4.69, 9.17) is 5.73 Å². The van der Waals surface area contributed by atoms with Gasteiger partial charge in [-0.1, -0.05) is 18.6 Å². The zero-order valence-electron chi connectivity index (χ0n) is 10.6. The Balaban J connectivity index is 2.68. The summed E-state index contributed by atoms with van der Waals surface area (Å²) in [5, 5.41) is 2.24. The number of hydrogen-bond acceptors (Lipinski definition) is 2. The summed E-state index contributed by atoms with van der Waals surface area (Å²) in [5.74, 6) is -0.616. The molecule has 0 spiro atoms. The lowest BCUT2D eigenvalue weighted by molar-refractivity contribution is -0.132. The van der Waals surface area contributed by atoms with Gasteiger partial charge in [-0.05, 0) is 31.6 Å². The van der Waals surface area contributed by atoms with E-state index >= 15 is 0 Å². The van der Waals surface area contributed by atoms with Crippen molar-refractivity contribution >= 4 is 5.91 Å². The summed E-state index contributed by atoms with van der Waals surface area (Å²) < 4.78 is 36.5. The van der Waals surface area contributed by atoms with Crippen molar-refractivity contribution in [1.82, 2.24) is 5.32 Å². The van der Waals surface area contributed by atoms with Crippen molar-refractivity contribution in [2.45, 2.75) is 38.9 Å². The van der Waals surface area contributed by atoms with Gasteiger partial charge in [0, 0.05) is 0 Å². The number of rotatable bonds is 4. The van der Waals surface area contributed by atoms with Gasteiger partial charge < -0.3 is 5.73 Å². The van der Waals surface area contributed by atoms with Crippen LogP contribution in [0.5, 0.6) is 0 Å². The summed E-state index contributed by atoms with van der Waals surface area (Å²) in [6, 6.07) is -0.919. The van der Waals surface area contributed by atoms with Gasteiger partial charge in [0.1, 0.15) is 0 Å². The molecule has 0 saturated heterocycles. The first-order valence-corrected chi connectivity index (χ1v) is 5.96. The second kappa shape index (κ2) is 5.73. The van der Waals surface area contributed by atoms with Crippen molar-refractivity contribution in [3.8, 4) is 0 Å². The Hall–Kier alpha value is -1.04. The fourth-order valence-corrected chi connectivity index (χ4v) is 2.58. The Morgan fingerprint density at radius 3 is 2.67 bits per heavy atom. The number of carbonyl (C=O) groups excluding carboxylic acids is 1. The summed E-state index contributed by atoms with van der Waals surface area (Å²) in [6.45, 7) is 2.72. The average molecular weight is 264 g/mol. The van der Waals surface area contributed by atoms with Gasteiger partial charge in [-0.3, -0.25) is 10.1 Å². The van der Waals surface area contributed by atoms with Crippen LogP contribution < -0.4 is 11.1 Å². The van der Waals surface area contributed by atoms with E-state index in [9.17, 15) is 18.0 Å². The summed E-state index contributed by atoms with van der Waals surface area (Å²) in [5.41, 5.74) is 6.30. The molecule has 3 unspecified atom stereocenters. The highest BCUT2D eigenvalue weighted by Gasteiger charge is 2.34. The van der Waals surface area contributed by atoms with E-state index in [0.717, 1.165) is 5.57 Å². The molecule has 0 aromatic rings. The third-order valence-electron chi connectivity index (χ3n) is 3.13. The maximum Gasteiger partial charge on any atom is 0.401 e. The third kappa shape index (κ3) is 4.68. The maximum absolute atomic E-state index is 12.2. The summed E-state index contributed by atoms with van der Waals surface area (Å²) in [7, 11) is 0. The van der Waals surface area contributed by atoms with Gasteiger partial charge in [0.25, 0.3) is 0 Å². The first kappa shape index (κ1) is 15.0. The monoisotopic (exact) mass is 264 g/mol. The van der Waals surface area contributed by atoms with E-state index in [1.807, 2.05) is 13.8 Å². The second-order valence-corrected chi connectivity index (χ2v) is 5.07. The fourth-order valence-electron chi connectivity index (χ4n) is 2.58. The van der Waals surface area contributed by atoms with Crippen molar-refractivity contribution in [3.63, 3.8) is 0 Å². The SMILES string of the molecule is CC1=CC(C)CC(C(NCC(F)(F)F)C(N)=O)C1. The minimum atomic E-state index is -4.33. The molecular weight excluding hydrogens is 245 g/mol. The predicted octanol–water partition coefficient (Wildman–Crippen LogP) is 1.98. The normalized spacial score (nSPS) is 26.6. The molecule has 0 fully saturated rings. The van der Waals surface area contributed by atoms with Gasteiger partial charge in [0.2, 0.25) is 5.91 Å². The number of carbonyl (C=O) groups is 1. The summed E-state index contributed by atoms with van der Waals surface area (Å²) >= 11 is 0. The van der Waals surface area contributed by atoms with Gasteiger partial charge >= 0.3 is 6.18 Å². The third-order valence-corrected chi connectivity index (χ3v) is 3.13. The Bertz CT molecular complexity index is 339. The number of nitrogens with one attached hydrogen (secondary N) is 1. The quantitative estimate of drug-likeness (QED) is 0.763. The first-order chi connectivity index (χ1) is 8.19. The topological polar surface area (TPSA) is 55.1 Å². The molecule has 0 aliphatic heterocycles. The highest BCUT2D eigenvalue weighted by atomic mass is 19.4. The lowest BCUT2D eigenvalue weighted by Crippen LogP contribution is -2.50. The molecule has 18 heavy (non-hydrogen) atoms.